The van der Waals surface area contributed by atoms with Gasteiger partial charge in [0.1, 0.15) is 12.5 Å². The third kappa shape index (κ3) is 5.30. The second-order valence-electron chi connectivity index (χ2n) is 10.2. The third-order valence-corrected chi connectivity index (χ3v) is 7.97. The maximum absolute atomic E-state index is 14.8. The molecule has 0 N–H and O–H groups in total. The summed E-state index contributed by atoms with van der Waals surface area (Å²) in [5.41, 5.74) is 4.60. The zero-order valence-electron chi connectivity index (χ0n) is 20.9. The quantitative estimate of drug-likeness (QED) is 0.162. The molecule has 2 heterocycles. The van der Waals surface area contributed by atoms with Gasteiger partial charge in [-0.25, -0.2) is 9.07 Å². The Hall–Kier alpha value is -3.61. The standard InChI is InChI=1S/C30H30FN3OSi/c1-36(2,3)17-16-35-21-34-29-15-13-23(26-20-32-19-24-10-7-11-27(31)30(24)26)18-25(29)28(33-34)14-12-22-8-5-4-6-9-22/h4-15,18-20H,16-17,21H2,1-3H3. The fourth-order valence-corrected chi connectivity index (χ4v) is 5.03. The zero-order chi connectivity index (χ0) is 25.1. The fourth-order valence-electron chi connectivity index (χ4n) is 4.27. The molecule has 0 unspecified atom stereocenters. The minimum Gasteiger partial charge on any atom is -0.360 e. The van der Waals surface area contributed by atoms with Crippen LogP contribution in [-0.4, -0.2) is 29.4 Å². The lowest BCUT2D eigenvalue weighted by Gasteiger charge is -2.15. The lowest BCUT2D eigenvalue weighted by Crippen LogP contribution is -2.22. The number of halogens is 1. The summed E-state index contributed by atoms with van der Waals surface area (Å²) in [6, 6.07) is 22.5. The molecule has 0 aliphatic heterocycles. The molecule has 182 valence electrons. The zero-order valence-corrected chi connectivity index (χ0v) is 21.9. The average molecular weight is 496 g/mol. The van der Waals surface area contributed by atoms with Crippen LogP contribution in [0, 0.1) is 5.82 Å². The average Bonchev–Trinajstić information content (AvgIpc) is 3.22. The van der Waals surface area contributed by atoms with Crippen LogP contribution in [0.15, 0.2) is 79.1 Å². The number of aromatic nitrogens is 3. The number of nitrogens with zero attached hydrogens (tertiary/aromatic N) is 3. The summed E-state index contributed by atoms with van der Waals surface area (Å²) >= 11 is 0. The molecule has 0 spiro atoms. The third-order valence-electron chi connectivity index (χ3n) is 6.27. The Bertz CT molecular complexity index is 1530. The molecular weight excluding hydrogens is 465 g/mol. The van der Waals surface area contributed by atoms with Crippen LogP contribution in [-0.2, 0) is 11.5 Å². The van der Waals surface area contributed by atoms with Crippen LogP contribution in [0.4, 0.5) is 4.39 Å². The molecule has 0 aliphatic rings. The monoisotopic (exact) mass is 495 g/mol. The molecule has 0 saturated heterocycles. The van der Waals surface area contributed by atoms with Crippen LogP contribution in [0.1, 0.15) is 11.3 Å². The van der Waals surface area contributed by atoms with Crippen LogP contribution in [0.3, 0.4) is 0 Å². The summed E-state index contributed by atoms with van der Waals surface area (Å²) in [5.74, 6) is -0.249. The highest BCUT2D eigenvalue weighted by atomic mass is 28.3. The van der Waals surface area contributed by atoms with Gasteiger partial charge in [-0.2, -0.15) is 5.10 Å². The van der Waals surface area contributed by atoms with E-state index in [1.807, 2.05) is 47.2 Å². The predicted octanol–water partition coefficient (Wildman–Crippen LogP) is 7.87. The minimum atomic E-state index is -1.17. The van der Waals surface area contributed by atoms with Crippen molar-refractivity contribution in [3.05, 3.63) is 96.2 Å². The number of hydrogen-bond acceptors (Lipinski definition) is 3. The van der Waals surface area contributed by atoms with Gasteiger partial charge >= 0.3 is 0 Å². The van der Waals surface area contributed by atoms with Crippen molar-refractivity contribution in [2.24, 2.45) is 0 Å². The first-order chi connectivity index (χ1) is 17.4. The summed E-state index contributed by atoms with van der Waals surface area (Å²) in [5, 5.41) is 7.23. The number of hydrogen-bond donors (Lipinski definition) is 0. The van der Waals surface area contributed by atoms with Gasteiger partial charge < -0.3 is 4.74 Å². The van der Waals surface area contributed by atoms with E-state index in [1.165, 1.54) is 6.07 Å². The Balaban J connectivity index is 1.56. The van der Waals surface area contributed by atoms with Crippen LogP contribution in [0.2, 0.25) is 25.7 Å². The number of pyridine rings is 1. The molecular formula is C30H30FN3OSi. The van der Waals surface area contributed by atoms with Gasteiger partial charge in [0, 0.05) is 48.8 Å². The molecule has 0 saturated carbocycles. The topological polar surface area (TPSA) is 39.9 Å². The van der Waals surface area contributed by atoms with Crippen LogP contribution in [0.5, 0.6) is 0 Å². The number of ether oxygens (including phenoxy) is 1. The van der Waals surface area contributed by atoms with E-state index in [9.17, 15) is 4.39 Å². The van der Waals surface area contributed by atoms with Crippen molar-refractivity contribution in [1.82, 2.24) is 14.8 Å². The van der Waals surface area contributed by atoms with Gasteiger partial charge in [0.15, 0.2) is 0 Å². The summed E-state index contributed by atoms with van der Waals surface area (Å²) in [6.45, 7) is 8.16. The van der Waals surface area contributed by atoms with E-state index in [1.54, 1.807) is 18.5 Å². The SMILES string of the molecule is C[Si](C)(C)CCOCn1nc(C=Cc2ccccc2)c2cc(-c3cncc4cccc(F)c34)ccc21. The van der Waals surface area contributed by atoms with Crippen molar-refractivity contribution < 1.29 is 9.13 Å². The van der Waals surface area contributed by atoms with Gasteiger partial charge in [-0.1, -0.05) is 74.2 Å². The van der Waals surface area contributed by atoms with Gasteiger partial charge in [0.2, 0.25) is 0 Å². The van der Waals surface area contributed by atoms with E-state index in [2.05, 4.69) is 48.9 Å². The van der Waals surface area contributed by atoms with Crippen molar-refractivity contribution in [2.45, 2.75) is 32.4 Å². The maximum Gasteiger partial charge on any atom is 0.140 e. The molecule has 0 fully saturated rings. The molecule has 0 radical (unpaired) electrons. The van der Waals surface area contributed by atoms with Gasteiger partial charge in [-0.3, -0.25) is 4.98 Å². The van der Waals surface area contributed by atoms with E-state index < -0.39 is 8.07 Å². The van der Waals surface area contributed by atoms with Crippen molar-refractivity contribution in [2.75, 3.05) is 6.61 Å². The normalized spacial score (nSPS) is 12.2. The van der Waals surface area contributed by atoms with E-state index in [-0.39, 0.29) is 5.82 Å². The lowest BCUT2D eigenvalue weighted by atomic mass is 9.99. The van der Waals surface area contributed by atoms with Crippen molar-refractivity contribution in [3.63, 3.8) is 0 Å². The second-order valence-corrected chi connectivity index (χ2v) is 15.9. The number of fused-ring (bicyclic) bond motifs is 2. The Morgan fingerprint density at radius 2 is 1.78 bits per heavy atom. The van der Waals surface area contributed by atoms with Crippen molar-refractivity contribution >= 4 is 41.9 Å². The van der Waals surface area contributed by atoms with Crippen LogP contribution in [0.25, 0.3) is 45.0 Å². The smallest absolute Gasteiger partial charge is 0.140 e. The number of benzene rings is 3. The molecule has 4 nitrogen and oxygen atoms in total. The van der Waals surface area contributed by atoms with Gasteiger partial charge in [0.05, 0.1) is 11.2 Å². The highest BCUT2D eigenvalue weighted by molar-refractivity contribution is 6.76. The molecule has 3 aromatic carbocycles. The molecule has 0 amide bonds. The molecule has 6 heteroatoms. The number of rotatable bonds is 8. The second kappa shape index (κ2) is 10.2. The van der Waals surface area contributed by atoms with Gasteiger partial charge in [0.25, 0.3) is 0 Å². The summed E-state index contributed by atoms with van der Waals surface area (Å²) < 4.78 is 22.8. The highest BCUT2D eigenvalue weighted by Gasteiger charge is 2.15. The lowest BCUT2D eigenvalue weighted by molar-refractivity contribution is 0.0816. The molecule has 36 heavy (non-hydrogen) atoms. The molecule has 5 aromatic rings. The van der Waals surface area contributed by atoms with Gasteiger partial charge in [-0.05, 0) is 41.4 Å². The van der Waals surface area contributed by atoms with Crippen molar-refractivity contribution in [3.8, 4) is 11.1 Å². The molecule has 0 aliphatic carbocycles. The summed E-state index contributed by atoms with van der Waals surface area (Å²) in [4.78, 5) is 4.37. The van der Waals surface area contributed by atoms with Crippen molar-refractivity contribution in [1.29, 1.82) is 0 Å². The highest BCUT2D eigenvalue weighted by Crippen LogP contribution is 2.33. The predicted molar refractivity (Wildman–Crippen MR) is 150 cm³/mol. The Morgan fingerprint density at radius 3 is 2.58 bits per heavy atom. The first kappa shape index (κ1) is 24.1. The van der Waals surface area contributed by atoms with Crippen LogP contribution < -0.4 is 0 Å². The van der Waals surface area contributed by atoms with E-state index in [0.29, 0.717) is 12.1 Å². The molecule has 2 aromatic heterocycles. The fraction of sp³-hybridized carbons (Fsp3) is 0.200. The largest absolute Gasteiger partial charge is 0.360 e. The Labute approximate surface area is 212 Å². The first-order valence-corrected chi connectivity index (χ1v) is 15.9. The van der Waals surface area contributed by atoms with E-state index >= 15 is 0 Å². The summed E-state index contributed by atoms with van der Waals surface area (Å²) in [6.07, 6.45) is 7.52. The first-order valence-electron chi connectivity index (χ1n) is 12.2. The van der Waals surface area contributed by atoms with Gasteiger partial charge in [-0.15, -0.1) is 0 Å². The molecule has 0 atom stereocenters. The maximum atomic E-state index is 14.8. The Morgan fingerprint density at radius 1 is 0.944 bits per heavy atom. The minimum absolute atomic E-state index is 0.249. The molecule has 5 rings (SSSR count). The van der Waals surface area contributed by atoms with E-state index in [0.717, 1.165) is 51.3 Å². The molecule has 0 bridgehead atoms. The summed E-state index contributed by atoms with van der Waals surface area (Å²) in [7, 11) is -1.17. The van der Waals surface area contributed by atoms with E-state index in [4.69, 9.17) is 9.84 Å². The Kier molecular flexibility index (Phi) is 6.81. The van der Waals surface area contributed by atoms with Crippen LogP contribution >= 0.6 is 0 Å².